The largest absolute Gasteiger partial charge is 0.481 e. The molecule has 2 saturated carbocycles. The number of alkyl carbamates (subject to hydrolysis) is 1. The Hall–Kier alpha value is -2.83. The molecule has 1 aromatic rings. The number of hydrogen-bond donors (Lipinski definition) is 3. The van der Waals surface area contributed by atoms with Crippen LogP contribution in [0.5, 0.6) is 0 Å². The summed E-state index contributed by atoms with van der Waals surface area (Å²) in [5.74, 6) is -4.26. The van der Waals surface area contributed by atoms with E-state index in [9.17, 15) is 24.6 Å². The van der Waals surface area contributed by atoms with Gasteiger partial charge in [0.15, 0.2) is 0 Å². The average Bonchev–Trinajstić information content (AvgIpc) is 3.23. The SMILES string of the molecule is C=C1C[C@@](NC(=O)OCc2ccccc2)(C(=O)O)[C@H]2[C@@H]1[C@@H]2C(=O)O. The van der Waals surface area contributed by atoms with Crippen molar-refractivity contribution < 1.29 is 29.3 Å². The van der Waals surface area contributed by atoms with E-state index in [0.29, 0.717) is 5.57 Å². The number of benzene rings is 1. The van der Waals surface area contributed by atoms with Gasteiger partial charge in [0, 0.05) is 12.3 Å². The highest BCUT2D eigenvalue weighted by Crippen LogP contribution is 2.64. The number of amides is 1. The maximum atomic E-state index is 12.1. The first kappa shape index (κ1) is 16.0. The Kier molecular flexibility index (Phi) is 3.79. The Morgan fingerprint density at radius 3 is 2.46 bits per heavy atom. The number of carboxylic acid groups (broad SMARTS) is 2. The number of rotatable bonds is 5. The predicted octanol–water partition coefficient (Wildman–Crippen LogP) is 1.64. The summed E-state index contributed by atoms with van der Waals surface area (Å²) in [6.45, 7) is 3.77. The second-order valence-corrected chi connectivity index (χ2v) is 6.21. The summed E-state index contributed by atoms with van der Waals surface area (Å²) in [7, 11) is 0. The topological polar surface area (TPSA) is 113 Å². The van der Waals surface area contributed by atoms with E-state index in [4.69, 9.17) is 4.74 Å². The fourth-order valence-corrected chi connectivity index (χ4v) is 3.67. The Balaban J connectivity index is 1.71. The van der Waals surface area contributed by atoms with Gasteiger partial charge in [-0.1, -0.05) is 42.5 Å². The molecule has 3 rings (SSSR count). The van der Waals surface area contributed by atoms with Crippen molar-refractivity contribution in [2.45, 2.75) is 18.6 Å². The smallest absolute Gasteiger partial charge is 0.408 e. The van der Waals surface area contributed by atoms with Crippen LogP contribution < -0.4 is 5.32 Å². The van der Waals surface area contributed by atoms with Crippen LogP contribution in [0.25, 0.3) is 0 Å². The van der Waals surface area contributed by atoms with E-state index < -0.39 is 41.3 Å². The van der Waals surface area contributed by atoms with Crippen molar-refractivity contribution in [1.29, 1.82) is 0 Å². The van der Waals surface area contributed by atoms with Crippen LogP contribution in [-0.2, 0) is 20.9 Å². The van der Waals surface area contributed by atoms with Crippen molar-refractivity contribution in [1.82, 2.24) is 5.32 Å². The third-order valence-electron chi connectivity index (χ3n) is 4.77. The zero-order valence-corrected chi connectivity index (χ0v) is 12.8. The van der Waals surface area contributed by atoms with Crippen molar-refractivity contribution in [2.24, 2.45) is 17.8 Å². The molecule has 1 aromatic carbocycles. The van der Waals surface area contributed by atoms with Gasteiger partial charge in [0.25, 0.3) is 0 Å². The average molecular weight is 331 g/mol. The molecule has 2 aliphatic carbocycles. The van der Waals surface area contributed by atoms with Crippen LogP contribution in [0.3, 0.4) is 0 Å². The van der Waals surface area contributed by atoms with Crippen molar-refractivity contribution >= 4 is 18.0 Å². The lowest BCUT2D eigenvalue weighted by molar-refractivity contribution is -0.146. The lowest BCUT2D eigenvalue weighted by Crippen LogP contribution is -2.56. The Bertz CT molecular complexity index is 711. The molecular weight excluding hydrogens is 314 g/mol. The van der Waals surface area contributed by atoms with Gasteiger partial charge in [-0.2, -0.15) is 0 Å². The van der Waals surface area contributed by atoms with Crippen molar-refractivity contribution in [2.75, 3.05) is 0 Å². The van der Waals surface area contributed by atoms with Crippen LogP contribution in [0.1, 0.15) is 12.0 Å². The van der Waals surface area contributed by atoms with Crippen LogP contribution >= 0.6 is 0 Å². The quantitative estimate of drug-likeness (QED) is 0.707. The first-order valence-electron chi connectivity index (χ1n) is 7.49. The molecule has 126 valence electrons. The maximum Gasteiger partial charge on any atom is 0.408 e. The van der Waals surface area contributed by atoms with Crippen LogP contribution in [0.15, 0.2) is 42.5 Å². The molecule has 1 amide bonds. The van der Waals surface area contributed by atoms with Gasteiger partial charge in [-0.3, -0.25) is 4.79 Å². The minimum atomic E-state index is -1.67. The van der Waals surface area contributed by atoms with Gasteiger partial charge in [0.2, 0.25) is 0 Å². The number of hydrogen-bond acceptors (Lipinski definition) is 4. The fourth-order valence-electron chi connectivity index (χ4n) is 3.67. The molecule has 7 heteroatoms. The molecule has 0 spiro atoms. The molecule has 0 bridgehead atoms. The summed E-state index contributed by atoms with van der Waals surface area (Å²) in [6.07, 6.45) is -0.868. The van der Waals surface area contributed by atoms with Gasteiger partial charge in [-0.05, 0) is 11.5 Å². The maximum absolute atomic E-state index is 12.1. The van der Waals surface area contributed by atoms with E-state index in [1.54, 1.807) is 24.3 Å². The van der Waals surface area contributed by atoms with Gasteiger partial charge in [0.1, 0.15) is 12.1 Å². The van der Waals surface area contributed by atoms with E-state index in [0.717, 1.165) is 5.56 Å². The number of carbonyl (C=O) groups excluding carboxylic acids is 1. The highest BCUT2D eigenvalue weighted by atomic mass is 16.5. The van der Waals surface area contributed by atoms with Crippen LogP contribution in [0, 0.1) is 17.8 Å². The van der Waals surface area contributed by atoms with Crippen LogP contribution in [0.4, 0.5) is 4.79 Å². The normalized spacial score (nSPS) is 30.3. The molecule has 24 heavy (non-hydrogen) atoms. The van der Waals surface area contributed by atoms with Crippen LogP contribution in [0.2, 0.25) is 0 Å². The molecule has 7 nitrogen and oxygen atoms in total. The zero-order chi connectivity index (χ0) is 17.5. The molecule has 3 N–H and O–H groups in total. The standard InChI is InChI=1S/C17H17NO6/c1-9-7-17(15(21)22,13-11(9)12(13)14(19)20)18-16(23)24-8-10-5-3-2-4-6-10/h2-6,11-13H,1,7-8H2,(H,18,23)(H,19,20)(H,21,22)/t11-,12-,13-,17-/m0/s1. The molecule has 2 fully saturated rings. The Morgan fingerprint density at radius 1 is 1.25 bits per heavy atom. The molecule has 0 radical (unpaired) electrons. The lowest BCUT2D eigenvalue weighted by Gasteiger charge is -2.28. The third-order valence-corrected chi connectivity index (χ3v) is 4.77. The van der Waals surface area contributed by atoms with Crippen LogP contribution in [-0.4, -0.2) is 33.8 Å². The second-order valence-electron chi connectivity index (χ2n) is 6.21. The van der Waals surface area contributed by atoms with Gasteiger partial charge in [0.05, 0.1) is 5.92 Å². The summed E-state index contributed by atoms with van der Waals surface area (Å²) in [5.41, 5.74) is -0.364. The highest BCUT2D eigenvalue weighted by Gasteiger charge is 2.73. The van der Waals surface area contributed by atoms with Gasteiger partial charge in [-0.15, -0.1) is 0 Å². The number of ether oxygens (including phenoxy) is 1. The zero-order valence-electron chi connectivity index (χ0n) is 12.8. The second kappa shape index (κ2) is 5.67. The van der Waals surface area contributed by atoms with Gasteiger partial charge in [-0.25, -0.2) is 9.59 Å². The third kappa shape index (κ3) is 2.51. The van der Waals surface area contributed by atoms with Crippen molar-refractivity contribution in [3.63, 3.8) is 0 Å². The monoisotopic (exact) mass is 331 g/mol. The number of fused-ring (bicyclic) bond motifs is 1. The minimum absolute atomic E-state index is 0.000225. The molecule has 4 atom stereocenters. The summed E-state index contributed by atoms with van der Waals surface area (Å²) in [4.78, 5) is 35.1. The molecule has 0 saturated heterocycles. The number of carbonyl (C=O) groups is 3. The Labute approximate surface area is 137 Å². The number of aliphatic carboxylic acids is 2. The van der Waals surface area contributed by atoms with Gasteiger partial charge < -0.3 is 20.3 Å². The first-order valence-corrected chi connectivity index (χ1v) is 7.49. The molecule has 0 unspecified atom stereocenters. The van der Waals surface area contributed by atoms with E-state index in [1.165, 1.54) is 0 Å². The molecule has 0 aromatic heterocycles. The van der Waals surface area contributed by atoms with E-state index >= 15 is 0 Å². The predicted molar refractivity (Wildman–Crippen MR) is 82.0 cm³/mol. The highest BCUT2D eigenvalue weighted by molar-refractivity contribution is 5.90. The van der Waals surface area contributed by atoms with E-state index in [1.807, 2.05) is 6.07 Å². The fraction of sp³-hybridized carbons (Fsp3) is 0.353. The Morgan fingerprint density at radius 2 is 1.92 bits per heavy atom. The van der Waals surface area contributed by atoms with Gasteiger partial charge >= 0.3 is 18.0 Å². The summed E-state index contributed by atoms with van der Waals surface area (Å²) >= 11 is 0. The summed E-state index contributed by atoms with van der Waals surface area (Å²) < 4.78 is 5.07. The summed E-state index contributed by atoms with van der Waals surface area (Å²) in [5, 5.41) is 21.2. The molecule has 2 aliphatic rings. The molecule has 0 heterocycles. The molecule has 0 aliphatic heterocycles. The number of nitrogens with one attached hydrogen (secondary N) is 1. The minimum Gasteiger partial charge on any atom is -0.481 e. The first-order chi connectivity index (χ1) is 11.4. The van der Waals surface area contributed by atoms with Crippen molar-refractivity contribution in [3.05, 3.63) is 48.0 Å². The van der Waals surface area contributed by atoms with E-state index in [-0.39, 0.29) is 13.0 Å². The summed E-state index contributed by atoms with van der Waals surface area (Å²) in [6, 6.07) is 8.96. The van der Waals surface area contributed by atoms with E-state index in [2.05, 4.69) is 11.9 Å². The molecular formula is C17H17NO6. The van der Waals surface area contributed by atoms with Crippen molar-refractivity contribution in [3.8, 4) is 0 Å². The lowest BCUT2D eigenvalue weighted by atomic mass is 9.89. The number of carboxylic acids is 2.